The zero-order valence-electron chi connectivity index (χ0n) is 12.5. The molecule has 118 valence electrons. The standard InChI is InChI=1S/C16H15N3O4/c1-2-19-8-11-12(5-6-17-15(11)18-16(19)20)23-10-3-4-13-14(7-10)22-9-21-13/h3-7H,2,8-9H2,1H3,(H,17,18,20). The van der Waals surface area contributed by atoms with Gasteiger partial charge < -0.3 is 19.1 Å². The maximum atomic E-state index is 11.9. The third-order valence-corrected chi connectivity index (χ3v) is 3.83. The van der Waals surface area contributed by atoms with E-state index >= 15 is 0 Å². The van der Waals surface area contributed by atoms with Gasteiger partial charge in [-0.05, 0) is 25.1 Å². The molecule has 0 saturated heterocycles. The highest BCUT2D eigenvalue weighted by molar-refractivity contribution is 5.91. The van der Waals surface area contributed by atoms with E-state index in [2.05, 4.69) is 10.3 Å². The van der Waals surface area contributed by atoms with Crippen LogP contribution in [-0.4, -0.2) is 29.3 Å². The Hall–Kier alpha value is -2.96. The molecule has 1 aromatic heterocycles. The topological polar surface area (TPSA) is 72.9 Å². The Morgan fingerprint density at radius 1 is 1.30 bits per heavy atom. The summed E-state index contributed by atoms with van der Waals surface area (Å²) in [4.78, 5) is 17.8. The molecule has 4 rings (SSSR count). The van der Waals surface area contributed by atoms with Gasteiger partial charge >= 0.3 is 6.03 Å². The van der Waals surface area contributed by atoms with Crippen molar-refractivity contribution in [1.29, 1.82) is 0 Å². The Labute approximate surface area is 132 Å². The van der Waals surface area contributed by atoms with Crippen LogP contribution in [0.2, 0.25) is 0 Å². The predicted octanol–water partition coefficient (Wildman–Crippen LogP) is 2.97. The van der Waals surface area contributed by atoms with Crippen molar-refractivity contribution in [2.24, 2.45) is 0 Å². The summed E-state index contributed by atoms with van der Waals surface area (Å²) >= 11 is 0. The monoisotopic (exact) mass is 313 g/mol. The van der Waals surface area contributed by atoms with Gasteiger partial charge in [-0.25, -0.2) is 9.78 Å². The molecule has 1 N–H and O–H groups in total. The molecule has 0 bridgehead atoms. The zero-order chi connectivity index (χ0) is 15.8. The normalized spacial score (nSPS) is 15.2. The van der Waals surface area contributed by atoms with Crippen molar-refractivity contribution < 1.29 is 19.0 Å². The molecule has 7 nitrogen and oxygen atoms in total. The minimum atomic E-state index is -0.146. The molecule has 23 heavy (non-hydrogen) atoms. The Balaban J connectivity index is 1.65. The fraction of sp³-hybridized carbons (Fsp3) is 0.250. The van der Waals surface area contributed by atoms with Gasteiger partial charge in [0.25, 0.3) is 0 Å². The lowest BCUT2D eigenvalue weighted by molar-refractivity contribution is 0.174. The lowest BCUT2D eigenvalue weighted by Crippen LogP contribution is -2.38. The number of hydrogen-bond donors (Lipinski definition) is 1. The van der Waals surface area contributed by atoms with Gasteiger partial charge in [-0.1, -0.05) is 0 Å². The number of benzene rings is 1. The fourth-order valence-corrected chi connectivity index (χ4v) is 2.60. The minimum absolute atomic E-state index is 0.146. The van der Waals surface area contributed by atoms with Crippen molar-refractivity contribution in [3.63, 3.8) is 0 Å². The lowest BCUT2D eigenvalue weighted by atomic mass is 10.2. The van der Waals surface area contributed by atoms with Crippen LogP contribution in [0.1, 0.15) is 12.5 Å². The van der Waals surface area contributed by atoms with Crippen molar-refractivity contribution in [3.8, 4) is 23.0 Å². The molecule has 2 aromatic rings. The minimum Gasteiger partial charge on any atom is -0.457 e. The first-order valence-electron chi connectivity index (χ1n) is 7.36. The largest absolute Gasteiger partial charge is 0.457 e. The third-order valence-electron chi connectivity index (χ3n) is 3.83. The van der Waals surface area contributed by atoms with Gasteiger partial charge in [0.15, 0.2) is 11.5 Å². The molecule has 0 atom stereocenters. The second-order valence-electron chi connectivity index (χ2n) is 5.20. The van der Waals surface area contributed by atoms with Crippen LogP contribution >= 0.6 is 0 Å². The van der Waals surface area contributed by atoms with Gasteiger partial charge in [0, 0.05) is 18.8 Å². The van der Waals surface area contributed by atoms with E-state index in [1.807, 2.05) is 19.1 Å². The number of carbonyl (C=O) groups is 1. The average Bonchev–Trinajstić information content (AvgIpc) is 3.02. The summed E-state index contributed by atoms with van der Waals surface area (Å²) in [5.41, 5.74) is 0.853. The van der Waals surface area contributed by atoms with Crippen molar-refractivity contribution in [1.82, 2.24) is 9.88 Å². The molecule has 2 aliphatic heterocycles. The molecular formula is C16H15N3O4. The molecule has 0 unspecified atom stereocenters. The van der Waals surface area contributed by atoms with Gasteiger partial charge in [0.1, 0.15) is 17.3 Å². The Morgan fingerprint density at radius 2 is 2.17 bits per heavy atom. The number of fused-ring (bicyclic) bond motifs is 2. The smallest absolute Gasteiger partial charge is 0.323 e. The Kier molecular flexibility index (Phi) is 3.18. The van der Waals surface area contributed by atoms with Gasteiger partial charge in [-0.3, -0.25) is 5.32 Å². The number of urea groups is 1. The number of nitrogens with zero attached hydrogens (tertiary/aromatic N) is 2. The van der Waals surface area contributed by atoms with Crippen molar-refractivity contribution in [2.45, 2.75) is 13.5 Å². The van der Waals surface area contributed by atoms with E-state index in [1.165, 1.54) is 0 Å². The molecule has 7 heteroatoms. The summed E-state index contributed by atoms with van der Waals surface area (Å²) < 4.78 is 16.6. The number of pyridine rings is 1. The zero-order valence-corrected chi connectivity index (χ0v) is 12.5. The van der Waals surface area contributed by atoms with Gasteiger partial charge in [0.05, 0.1) is 12.1 Å². The van der Waals surface area contributed by atoms with Crippen LogP contribution in [0.4, 0.5) is 10.6 Å². The molecule has 2 amide bonds. The summed E-state index contributed by atoms with van der Waals surface area (Å²) in [5.74, 6) is 3.21. The van der Waals surface area contributed by atoms with Crippen molar-refractivity contribution in [3.05, 3.63) is 36.0 Å². The highest BCUT2D eigenvalue weighted by Crippen LogP contribution is 2.38. The third kappa shape index (κ3) is 2.40. The number of anilines is 1. The SMILES string of the molecule is CCN1Cc2c(Oc3ccc4c(c3)OCO4)ccnc2NC1=O. The first kappa shape index (κ1) is 13.7. The van der Waals surface area contributed by atoms with Gasteiger partial charge in [-0.2, -0.15) is 0 Å². The molecule has 1 aromatic carbocycles. The highest BCUT2D eigenvalue weighted by Gasteiger charge is 2.25. The molecule has 0 spiro atoms. The molecular weight excluding hydrogens is 298 g/mol. The summed E-state index contributed by atoms with van der Waals surface area (Å²) in [6.07, 6.45) is 1.61. The first-order chi connectivity index (χ1) is 11.2. The molecule has 0 radical (unpaired) electrons. The highest BCUT2D eigenvalue weighted by atomic mass is 16.7. The van der Waals surface area contributed by atoms with Gasteiger partial charge in [0.2, 0.25) is 6.79 Å². The average molecular weight is 313 g/mol. The van der Waals surface area contributed by atoms with Crippen LogP contribution in [0.5, 0.6) is 23.0 Å². The van der Waals surface area contributed by atoms with Crippen LogP contribution in [-0.2, 0) is 6.54 Å². The number of aromatic nitrogens is 1. The van der Waals surface area contributed by atoms with E-state index in [-0.39, 0.29) is 12.8 Å². The van der Waals surface area contributed by atoms with Crippen LogP contribution in [0.15, 0.2) is 30.5 Å². The van der Waals surface area contributed by atoms with E-state index in [0.29, 0.717) is 41.9 Å². The lowest BCUT2D eigenvalue weighted by Gasteiger charge is -2.28. The summed E-state index contributed by atoms with van der Waals surface area (Å²) in [6, 6.07) is 7.06. The summed E-state index contributed by atoms with van der Waals surface area (Å²) in [5, 5.41) is 2.78. The van der Waals surface area contributed by atoms with E-state index in [1.54, 1.807) is 23.2 Å². The Bertz CT molecular complexity index is 778. The fourth-order valence-electron chi connectivity index (χ4n) is 2.60. The number of hydrogen-bond acceptors (Lipinski definition) is 5. The molecule has 0 fully saturated rings. The summed E-state index contributed by atoms with van der Waals surface area (Å²) in [6.45, 7) is 3.23. The van der Waals surface area contributed by atoms with Crippen molar-refractivity contribution >= 4 is 11.8 Å². The Morgan fingerprint density at radius 3 is 3.04 bits per heavy atom. The molecule has 0 aliphatic carbocycles. The first-order valence-corrected chi connectivity index (χ1v) is 7.36. The molecule has 0 saturated carbocycles. The number of rotatable bonds is 3. The number of carbonyl (C=O) groups excluding carboxylic acids is 1. The maximum absolute atomic E-state index is 11.9. The number of amides is 2. The summed E-state index contributed by atoms with van der Waals surface area (Å²) in [7, 11) is 0. The second kappa shape index (κ2) is 5.35. The quantitative estimate of drug-likeness (QED) is 0.943. The molecule has 3 heterocycles. The second-order valence-corrected chi connectivity index (χ2v) is 5.20. The van der Waals surface area contributed by atoms with Crippen molar-refractivity contribution in [2.75, 3.05) is 18.7 Å². The van der Waals surface area contributed by atoms with Crippen LogP contribution in [0.25, 0.3) is 0 Å². The van der Waals surface area contributed by atoms with Gasteiger partial charge in [-0.15, -0.1) is 0 Å². The van der Waals surface area contributed by atoms with Crippen LogP contribution in [0.3, 0.4) is 0 Å². The predicted molar refractivity (Wildman–Crippen MR) is 82.0 cm³/mol. The maximum Gasteiger partial charge on any atom is 0.323 e. The van der Waals surface area contributed by atoms with E-state index in [0.717, 1.165) is 5.56 Å². The van der Waals surface area contributed by atoms with E-state index in [4.69, 9.17) is 14.2 Å². The van der Waals surface area contributed by atoms with Crippen LogP contribution in [0, 0.1) is 0 Å². The van der Waals surface area contributed by atoms with E-state index in [9.17, 15) is 4.79 Å². The number of ether oxygens (including phenoxy) is 3. The number of nitrogens with one attached hydrogen (secondary N) is 1. The van der Waals surface area contributed by atoms with Crippen LogP contribution < -0.4 is 19.5 Å². The van der Waals surface area contributed by atoms with E-state index < -0.39 is 0 Å². The molecule has 2 aliphatic rings.